The van der Waals surface area contributed by atoms with E-state index in [9.17, 15) is 14.4 Å². The Bertz CT molecular complexity index is 1320. The number of fused-ring (bicyclic) bond motifs is 1. The number of hydrogen-bond acceptors (Lipinski definition) is 6. The molecule has 0 aliphatic carbocycles. The molecule has 31 heavy (non-hydrogen) atoms. The number of imidazole rings is 1. The van der Waals surface area contributed by atoms with E-state index in [0.29, 0.717) is 29.1 Å². The van der Waals surface area contributed by atoms with Gasteiger partial charge in [-0.1, -0.05) is 30.3 Å². The summed E-state index contributed by atoms with van der Waals surface area (Å²) in [5.41, 5.74) is 0.635. The molecule has 0 aliphatic heterocycles. The predicted molar refractivity (Wildman–Crippen MR) is 113 cm³/mol. The van der Waals surface area contributed by atoms with Crippen molar-refractivity contribution in [3.8, 4) is 11.4 Å². The average molecular weight is 420 g/mol. The molecule has 158 valence electrons. The first-order valence-corrected chi connectivity index (χ1v) is 9.68. The fourth-order valence-electron chi connectivity index (χ4n) is 3.24. The van der Waals surface area contributed by atoms with Crippen LogP contribution < -0.4 is 15.9 Å². The van der Waals surface area contributed by atoms with E-state index < -0.39 is 17.1 Å². The van der Waals surface area contributed by atoms with Gasteiger partial charge in [0.15, 0.2) is 0 Å². The van der Waals surface area contributed by atoms with Crippen molar-refractivity contribution in [3.05, 3.63) is 87.5 Å². The summed E-state index contributed by atoms with van der Waals surface area (Å²) in [4.78, 5) is 43.3. The van der Waals surface area contributed by atoms with E-state index in [1.165, 1.54) is 0 Å². The Morgan fingerprint density at radius 1 is 1.16 bits per heavy atom. The maximum atomic E-state index is 12.5. The zero-order chi connectivity index (χ0) is 21.8. The molecule has 9 nitrogen and oxygen atoms in total. The van der Waals surface area contributed by atoms with Gasteiger partial charge in [0, 0.05) is 18.5 Å². The van der Waals surface area contributed by atoms with Crippen molar-refractivity contribution < 1.29 is 14.3 Å². The molecule has 0 spiro atoms. The van der Waals surface area contributed by atoms with E-state index in [0.717, 1.165) is 10.1 Å². The van der Waals surface area contributed by atoms with E-state index in [2.05, 4.69) is 9.97 Å². The largest absolute Gasteiger partial charge is 0.487 e. The van der Waals surface area contributed by atoms with Gasteiger partial charge in [0.1, 0.15) is 18.9 Å². The molecule has 1 N–H and O–H groups in total. The molecule has 4 rings (SSSR count). The smallest absolute Gasteiger partial charge is 0.326 e. The summed E-state index contributed by atoms with van der Waals surface area (Å²) >= 11 is 0. The topological polar surface area (TPSA) is 108 Å². The lowest BCUT2D eigenvalue weighted by molar-refractivity contribution is -0.143. The van der Waals surface area contributed by atoms with Crippen LogP contribution in [0.1, 0.15) is 12.5 Å². The number of carbonyl (C=O) groups is 1. The molecule has 4 aromatic rings. The maximum Gasteiger partial charge on any atom is 0.326 e. The van der Waals surface area contributed by atoms with E-state index >= 15 is 0 Å². The number of carbonyl (C=O) groups excluding carboxylic acids is 1. The third kappa shape index (κ3) is 4.25. The Kier molecular flexibility index (Phi) is 5.65. The van der Waals surface area contributed by atoms with E-state index in [1.807, 2.05) is 30.3 Å². The molecule has 2 heterocycles. The molecule has 0 saturated carbocycles. The molecule has 0 amide bonds. The van der Waals surface area contributed by atoms with Crippen LogP contribution in [0.3, 0.4) is 0 Å². The number of esters is 1. The summed E-state index contributed by atoms with van der Waals surface area (Å²) in [6.07, 6.45) is 4.94. The van der Waals surface area contributed by atoms with E-state index in [4.69, 9.17) is 9.47 Å². The van der Waals surface area contributed by atoms with Crippen molar-refractivity contribution in [2.45, 2.75) is 20.1 Å². The molecule has 0 fully saturated rings. The third-order valence-corrected chi connectivity index (χ3v) is 4.67. The highest BCUT2D eigenvalue weighted by Crippen LogP contribution is 2.28. The maximum absolute atomic E-state index is 12.5. The van der Waals surface area contributed by atoms with Crippen molar-refractivity contribution >= 4 is 17.0 Å². The van der Waals surface area contributed by atoms with Crippen LogP contribution in [-0.2, 0) is 22.7 Å². The van der Waals surface area contributed by atoms with Gasteiger partial charge < -0.3 is 19.0 Å². The molecular weight excluding hydrogens is 400 g/mol. The first-order valence-electron chi connectivity index (χ1n) is 9.68. The first-order chi connectivity index (χ1) is 15.1. The van der Waals surface area contributed by atoms with Gasteiger partial charge in [-0.3, -0.25) is 19.0 Å². The van der Waals surface area contributed by atoms with Gasteiger partial charge in [-0.25, -0.2) is 4.98 Å². The summed E-state index contributed by atoms with van der Waals surface area (Å²) < 4.78 is 13.8. The monoisotopic (exact) mass is 420 g/mol. The van der Waals surface area contributed by atoms with Crippen molar-refractivity contribution in [1.29, 1.82) is 0 Å². The summed E-state index contributed by atoms with van der Waals surface area (Å²) in [7, 11) is 0. The van der Waals surface area contributed by atoms with Gasteiger partial charge in [-0.05, 0) is 18.6 Å². The second kappa shape index (κ2) is 8.70. The first kappa shape index (κ1) is 20.1. The van der Waals surface area contributed by atoms with Crippen LogP contribution >= 0.6 is 0 Å². The molecule has 0 aliphatic rings. The van der Waals surface area contributed by atoms with Crippen LogP contribution in [0.2, 0.25) is 0 Å². The Labute approximate surface area is 176 Å². The van der Waals surface area contributed by atoms with E-state index in [-0.39, 0.29) is 13.2 Å². The molecule has 0 unspecified atom stereocenters. The highest BCUT2D eigenvalue weighted by Gasteiger charge is 2.16. The van der Waals surface area contributed by atoms with Gasteiger partial charge in [-0.15, -0.1) is 0 Å². The normalized spacial score (nSPS) is 10.9. The molecule has 0 saturated heterocycles. The predicted octanol–water partition coefficient (Wildman–Crippen LogP) is 2.02. The average Bonchev–Trinajstić information content (AvgIpc) is 3.30. The van der Waals surface area contributed by atoms with Crippen LogP contribution in [-0.4, -0.2) is 31.7 Å². The van der Waals surface area contributed by atoms with Gasteiger partial charge >= 0.3 is 17.1 Å². The van der Waals surface area contributed by atoms with Crippen LogP contribution in [0.4, 0.5) is 0 Å². The number of rotatable bonds is 7. The lowest BCUT2D eigenvalue weighted by Gasteiger charge is -2.16. The van der Waals surface area contributed by atoms with Crippen LogP contribution in [0.25, 0.3) is 16.7 Å². The molecule has 2 aromatic heterocycles. The van der Waals surface area contributed by atoms with Crippen LogP contribution in [0.15, 0.2) is 70.8 Å². The second-order valence-electron chi connectivity index (χ2n) is 6.73. The Balaban J connectivity index is 1.85. The third-order valence-electron chi connectivity index (χ3n) is 4.67. The Hall–Kier alpha value is -4.14. The quantitative estimate of drug-likeness (QED) is 0.362. The zero-order valence-corrected chi connectivity index (χ0v) is 16.8. The second-order valence-corrected chi connectivity index (χ2v) is 6.73. The molecule has 9 heteroatoms. The molecular formula is C22H20N4O5. The fourth-order valence-corrected chi connectivity index (χ4v) is 3.24. The number of benzene rings is 2. The van der Waals surface area contributed by atoms with Crippen molar-refractivity contribution in [3.63, 3.8) is 0 Å². The summed E-state index contributed by atoms with van der Waals surface area (Å²) in [5.74, 6) is -0.128. The summed E-state index contributed by atoms with van der Waals surface area (Å²) in [6, 6.07) is 12.9. The number of ether oxygens (including phenoxy) is 2. The zero-order valence-electron chi connectivity index (χ0n) is 16.8. The van der Waals surface area contributed by atoms with Crippen molar-refractivity contribution in [2.24, 2.45) is 0 Å². The Morgan fingerprint density at radius 3 is 2.68 bits per heavy atom. The van der Waals surface area contributed by atoms with Gasteiger partial charge in [0.05, 0.1) is 29.7 Å². The minimum atomic E-state index is -0.838. The highest BCUT2D eigenvalue weighted by atomic mass is 16.5. The van der Waals surface area contributed by atoms with Gasteiger partial charge in [0.25, 0.3) is 0 Å². The van der Waals surface area contributed by atoms with Gasteiger partial charge in [-0.2, -0.15) is 0 Å². The SMILES string of the molecule is CCOC(=O)Cn1c(=O)c(=O)[nH]c2cc(OCc3ccccc3)c(-n3ccnc3)cc21. The standard InChI is InChI=1S/C22H20N4O5/c1-2-30-20(27)12-26-17-11-18(25-9-8-23-14-25)19(10-16(17)24-21(28)22(26)29)31-13-15-6-4-3-5-7-15/h3-11,14H,2,12-13H2,1H3,(H,24,28). The van der Waals surface area contributed by atoms with Crippen molar-refractivity contribution in [1.82, 2.24) is 19.1 Å². The lowest BCUT2D eigenvalue weighted by atomic mass is 10.2. The number of aromatic amines is 1. The van der Waals surface area contributed by atoms with E-state index in [1.54, 1.807) is 42.3 Å². The molecule has 0 bridgehead atoms. The van der Waals surface area contributed by atoms with Crippen LogP contribution in [0.5, 0.6) is 5.75 Å². The number of H-pyrrole nitrogens is 1. The molecule has 0 radical (unpaired) electrons. The summed E-state index contributed by atoms with van der Waals surface area (Å²) in [6.45, 7) is 1.78. The fraction of sp³-hybridized carbons (Fsp3) is 0.182. The number of hydrogen-bond donors (Lipinski definition) is 1. The minimum Gasteiger partial charge on any atom is -0.487 e. The van der Waals surface area contributed by atoms with Crippen molar-refractivity contribution in [2.75, 3.05) is 6.61 Å². The highest BCUT2D eigenvalue weighted by molar-refractivity contribution is 5.82. The number of aromatic nitrogens is 4. The Morgan fingerprint density at radius 2 is 1.97 bits per heavy atom. The lowest BCUT2D eigenvalue weighted by Crippen LogP contribution is -2.38. The molecule has 2 aromatic carbocycles. The number of nitrogens with one attached hydrogen (secondary N) is 1. The number of nitrogens with zero attached hydrogens (tertiary/aromatic N) is 3. The van der Waals surface area contributed by atoms with Gasteiger partial charge in [0.2, 0.25) is 0 Å². The summed E-state index contributed by atoms with van der Waals surface area (Å²) in [5, 5.41) is 0. The molecule has 0 atom stereocenters. The minimum absolute atomic E-state index is 0.173. The van der Waals surface area contributed by atoms with Crippen LogP contribution in [0, 0.1) is 0 Å².